The van der Waals surface area contributed by atoms with Gasteiger partial charge in [0.1, 0.15) is 11.6 Å². The summed E-state index contributed by atoms with van der Waals surface area (Å²) in [5, 5.41) is 3.34. The van der Waals surface area contributed by atoms with Crippen LogP contribution in [0.25, 0.3) is 0 Å². The van der Waals surface area contributed by atoms with Gasteiger partial charge in [0.25, 0.3) is 0 Å². The number of benzene rings is 1. The van der Waals surface area contributed by atoms with Crippen molar-refractivity contribution in [3.8, 4) is 0 Å². The van der Waals surface area contributed by atoms with Crippen LogP contribution in [0, 0.1) is 12.7 Å². The Morgan fingerprint density at radius 1 is 1.17 bits per heavy atom. The fourth-order valence-electron chi connectivity index (χ4n) is 1.90. The van der Waals surface area contributed by atoms with Crippen molar-refractivity contribution in [1.29, 1.82) is 0 Å². The molecule has 1 heterocycles. The van der Waals surface area contributed by atoms with Crippen LogP contribution in [0.3, 0.4) is 0 Å². The molecule has 2 rings (SSSR count). The highest BCUT2D eigenvalue weighted by atomic mass is 19.1. The average molecular weight is 244 g/mol. The molecule has 1 unspecified atom stereocenters. The van der Waals surface area contributed by atoms with Gasteiger partial charge in [-0.3, -0.25) is 0 Å². The molecule has 0 aliphatic heterocycles. The van der Waals surface area contributed by atoms with Gasteiger partial charge in [-0.25, -0.2) is 9.37 Å². The van der Waals surface area contributed by atoms with E-state index in [4.69, 9.17) is 0 Å². The summed E-state index contributed by atoms with van der Waals surface area (Å²) < 4.78 is 12.8. The lowest BCUT2D eigenvalue weighted by molar-refractivity contribution is 0.626. The summed E-state index contributed by atoms with van der Waals surface area (Å²) in [6, 6.07) is 12.8. The fourth-order valence-corrected chi connectivity index (χ4v) is 1.90. The largest absolute Gasteiger partial charge is 0.367 e. The SMILES string of the molecule is Cc1cccc(NC(C)Cc2ccc(F)cc2)n1. The summed E-state index contributed by atoms with van der Waals surface area (Å²) >= 11 is 0. The third kappa shape index (κ3) is 3.55. The number of anilines is 1. The van der Waals surface area contributed by atoms with E-state index in [1.807, 2.05) is 37.3 Å². The van der Waals surface area contributed by atoms with Crippen molar-refractivity contribution in [2.75, 3.05) is 5.32 Å². The quantitative estimate of drug-likeness (QED) is 0.889. The second-order valence-corrected chi connectivity index (χ2v) is 4.54. The second kappa shape index (κ2) is 5.63. The van der Waals surface area contributed by atoms with E-state index in [9.17, 15) is 4.39 Å². The molecular formula is C15H17FN2. The maximum atomic E-state index is 12.8. The summed E-state index contributed by atoms with van der Waals surface area (Å²) in [7, 11) is 0. The van der Waals surface area contributed by atoms with Crippen LogP contribution < -0.4 is 5.32 Å². The Labute approximate surface area is 107 Å². The summed E-state index contributed by atoms with van der Waals surface area (Å²) in [5.41, 5.74) is 2.11. The zero-order valence-corrected chi connectivity index (χ0v) is 10.7. The molecule has 1 N–H and O–H groups in total. The minimum atomic E-state index is -0.195. The molecule has 3 heteroatoms. The predicted octanol–water partition coefficient (Wildman–Crippen LogP) is 3.57. The predicted molar refractivity (Wildman–Crippen MR) is 72.2 cm³/mol. The number of aromatic nitrogens is 1. The van der Waals surface area contributed by atoms with Crippen molar-refractivity contribution < 1.29 is 4.39 Å². The lowest BCUT2D eigenvalue weighted by Crippen LogP contribution is -2.18. The molecule has 18 heavy (non-hydrogen) atoms. The molecule has 0 aliphatic carbocycles. The highest BCUT2D eigenvalue weighted by molar-refractivity contribution is 5.36. The summed E-state index contributed by atoms with van der Waals surface area (Å²) in [4.78, 5) is 4.40. The van der Waals surface area contributed by atoms with E-state index in [2.05, 4.69) is 17.2 Å². The topological polar surface area (TPSA) is 24.9 Å². The van der Waals surface area contributed by atoms with Gasteiger partial charge in [0.2, 0.25) is 0 Å². The highest BCUT2D eigenvalue weighted by Gasteiger charge is 2.04. The molecule has 0 amide bonds. The van der Waals surface area contributed by atoms with Crippen LogP contribution in [-0.2, 0) is 6.42 Å². The van der Waals surface area contributed by atoms with Crippen molar-refractivity contribution in [1.82, 2.24) is 4.98 Å². The van der Waals surface area contributed by atoms with Crippen LogP contribution in [0.15, 0.2) is 42.5 Å². The lowest BCUT2D eigenvalue weighted by atomic mass is 10.1. The first-order chi connectivity index (χ1) is 8.63. The minimum absolute atomic E-state index is 0.195. The van der Waals surface area contributed by atoms with Gasteiger partial charge in [0.15, 0.2) is 0 Å². The van der Waals surface area contributed by atoms with E-state index in [1.165, 1.54) is 12.1 Å². The van der Waals surface area contributed by atoms with Crippen molar-refractivity contribution >= 4 is 5.82 Å². The smallest absolute Gasteiger partial charge is 0.126 e. The van der Waals surface area contributed by atoms with Crippen LogP contribution in [0.4, 0.5) is 10.2 Å². The van der Waals surface area contributed by atoms with Crippen LogP contribution >= 0.6 is 0 Å². The van der Waals surface area contributed by atoms with Crippen LogP contribution in [0.5, 0.6) is 0 Å². The molecule has 0 spiro atoms. The zero-order valence-electron chi connectivity index (χ0n) is 10.7. The Hall–Kier alpha value is -1.90. The van der Waals surface area contributed by atoms with E-state index in [-0.39, 0.29) is 11.9 Å². The Bertz CT molecular complexity index is 508. The van der Waals surface area contributed by atoms with Crippen molar-refractivity contribution in [2.24, 2.45) is 0 Å². The van der Waals surface area contributed by atoms with Crippen LogP contribution in [-0.4, -0.2) is 11.0 Å². The first-order valence-corrected chi connectivity index (χ1v) is 6.08. The number of aryl methyl sites for hydroxylation is 1. The van der Waals surface area contributed by atoms with Gasteiger partial charge in [-0.1, -0.05) is 18.2 Å². The maximum absolute atomic E-state index is 12.8. The molecule has 0 saturated heterocycles. The number of halogens is 1. The molecule has 1 atom stereocenters. The Morgan fingerprint density at radius 2 is 1.89 bits per heavy atom. The molecule has 1 aromatic carbocycles. The first kappa shape index (κ1) is 12.6. The molecule has 2 aromatic rings. The Kier molecular flexibility index (Phi) is 3.92. The van der Waals surface area contributed by atoms with E-state index in [0.717, 1.165) is 23.5 Å². The second-order valence-electron chi connectivity index (χ2n) is 4.54. The molecule has 0 radical (unpaired) electrons. The molecule has 2 nitrogen and oxygen atoms in total. The van der Waals surface area contributed by atoms with Gasteiger partial charge < -0.3 is 5.32 Å². The average Bonchev–Trinajstić information content (AvgIpc) is 2.32. The van der Waals surface area contributed by atoms with Gasteiger partial charge >= 0.3 is 0 Å². The third-order valence-corrected chi connectivity index (χ3v) is 2.74. The third-order valence-electron chi connectivity index (χ3n) is 2.74. The van der Waals surface area contributed by atoms with Gasteiger partial charge in [0, 0.05) is 11.7 Å². The van der Waals surface area contributed by atoms with E-state index >= 15 is 0 Å². The van der Waals surface area contributed by atoms with Gasteiger partial charge in [0.05, 0.1) is 0 Å². The standard InChI is InChI=1S/C15H17FN2/c1-11-4-3-5-15(17-11)18-12(2)10-13-6-8-14(16)9-7-13/h3-9,12H,10H2,1-2H3,(H,17,18). The number of nitrogens with zero attached hydrogens (tertiary/aromatic N) is 1. The van der Waals surface area contributed by atoms with Gasteiger partial charge in [-0.2, -0.15) is 0 Å². The van der Waals surface area contributed by atoms with E-state index < -0.39 is 0 Å². The van der Waals surface area contributed by atoms with Crippen LogP contribution in [0.2, 0.25) is 0 Å². The fraction of sp³-hybridized carbons (Fsp3) is 0.267. The molecule has 0 aliphatic rings. The number of nitrogens with one attached hydrogen (secondary N) is 1. The summed E-state index contributed by atoms with van der Waals surface area (Å²) in [5.74, 6) is 0.685. The summed E-state index contributed by atoms with van der Waals surface area (Å²) in [6.07, 6.45) is 0.843. The zero-order chi connectivity index (χ0) is 13.0. The van der Waals surface area contributed by atoms with Crippen molar-refractivity contribution in [3.63, 3.8) is 0 Å². The Morgan fingerprint density at radius 3 is 2.56 bits per heavy atom. The first-order valence-electron chi connectivity index (χ1n) is 6.08. The monoisotopic (exact) mass is 244 g/mol. The molecule has 1 aromatic heterocycles. The molecule has 94 valence electrons. The molecule has 0 bridgehead atoms. The number of pyridine rings is 1. The molecule has 0 saturated carbocycles. The highest BCUT2D eigenvalue weighted by Crippen LogP contribution is 2.10. The van der Waals surface area contributed by atoms with E-state index in [1.54, 1.807) is 0 Å². The van der Waals surface area contributed by atoms with Gasteiger partial charge in [-0.15, -0.1) is 0 Å². The number of rotatable bonds is 4. The number of hydrogen-bond donors (Lipinski definition) is 1. The van der Waals surface area contributed by atoms with E-state index in [0.29, 0.717) is 0 Å². The van der Waals surface area contributed by atoms with Gasteiger partial charge in [-0.05, 0) is 50.1 Å². The minimum Gasteiger partial charge on any atom is -0.367 e. The normalized spacial score (nSPS) is 12.2. The van der Waals surface area contributed by atoms with Crippen molar-refractivity contribution in [3.05, 3.63) is 59.5 Å². The lowest BCUT2D eigenvalue weighted by Gasteiger charge is -2.14. The van der Waals surface area contributed by atoms with Crippen LogP contribution in [0.1, 0.15) is 18.2 Å². The Balaban J connectivity index is 1.96. The molecular weight excluding hydrogens is 227 g/mol. The van der Waals surface area contributed by atoms with Crippen molar-refractivity contribution in [2.45, 2.75) is 26.3 Å². The number of hydrogen-bond acceptors (Lipinski definition) is 2. The summed E-state index contributed by atoms with van der Waals surface area (Å²) in [6.45, 7) is 4.06. The maximum Gasteiger partial charge on any atom is 0.126 e. The molecule has 0 fully saturated rings.